The van der Waals surface area contributed by atoms with Crippen molar-refractivity contribution in [3.05, 3.63) is 29.3 Å². The zero-order valence-electron chi connectivity index (χ0n) is 15.7. The molecule has 26 heavy (non-hydrogen) atoms. The van der Waals surface area contributed by atoms with Crippen molar-refractivity contribution in [2.24, 2.45) is 5.92 Å². The highest BCUT2D eigenvalue weighted by molar-refractivity contribution is 7.89. The molecule has 0 bridgehead atoms. The summed E-state index contributed by atoms with van der Waals surface area (Å²) in [7, 11) is -0.810. The van der Waals surface area contributed by atoms with Gasteiger partial charge in [-0.2, -0.15) is 0 Å². The summed E-state index contributed by atoms with van der Waals surface area (Å²) in [6, 6.07) is 4.29. The topological polar surface area (TPSA) is 84.0 Å². The lowest BCUT2D eigenvalue weighted by molar-refractivity contribution is -0.136. The number of carbonyl (C=O) groups excluding carboxylic acids is 2. The third-order valence-corrected chi connectivity index (χ3v) is 6.36. The molecular formula is C18H26N2O5S. The minimum absolute atomic E-state index is 0.0104. The van der Waals surface area contributed by atoms with Crippen LogP contribution >= 0.6 is 0 Å². The maximum Gasteiger partial charge on any atom is 0.338 e. The van der Waals surface area contributed by atoms with Gasteiger partial charge in [0.25, 0.3) is 5.91 Å². The Hall–Kier alpha value is -1.93. The Morgan fingerprint density at radius 2 is 2.00 bits per heavy atom. The molecule has 1 aromatic rings. The van der Waals surface area contributed by atoms with Crippen LogP contribution in [0.4, 0.5) is 0 Å². The molecule has 0 aromatic heterocycles. The van der Waals surface area contributed by atoms with Gasteiger partial charge < -0.3 is 9.64 Å². The molecule has 1 aliphatic heterocycles. The fourth-order valence-electron chi connectivity index (χ4n) is 2.90. The monoisotopic (exact) mass is 382 g/mol. The first-order valence-electron chi connectivity index (χ1n) is 8.61. The summed E-state index contributed by atoms with van der Waals surface area (Å²) in [5.41, 5.74) is 0.736. The fraction of sp³-hybridized carbons (Fsp3) is 0.556. The number of aryl methyl sites for hydroxylation is 1. The summed E-state index contributed by atoms with van der Waals surface area (Å²) in [6.45, 7) is 4.79. The number of rotatable bonds is 5. The summed E-state index contributed by atoms with van der Waals surface area (Å²) < 4.78 is 30.7. The summed E-state index contributed by atoms with van der Waals surface area (Å²) in [6.07, 6.45) is 2.04. The standard InChI is InChI=1S/C18H26N2O5S/c1-13-6-5-9-20(11-13)17(21)12-25-18(22)16-10-15(8-7-14(16)2)26(23,24)19(3)4/h7-8,10,13H,5-6,9,11-12H2,1-4H3/t13-/m1/s1. The predicted molar refractivity (Wildman–Crippen MR) is 97.3 cm³/mol. The smallest absolute Gasteiger partial charge is 0.338 e. The minimum atomic E-state index is -3.65. The van der Waals surface area contributed by atoms with E-state index in [1.807, 2.05) is 0 Å². The van der Waals surface area contributed by atoms with Crippen molar-refractivity contribution in [3.63, 3.8) is 0 Å². The molecule has 144 valence electrons. The van der Waals surface area contributed by atoms with Crippen molar-refractivity contribution in [1.82, 2.24) is 9.21 Å². The summed E-state index contributed by atoms with van der Waals surface area (Å²) in [5, 5.41) is 0. The van der Waals surface area contributed by atoms with Gasteiger partial charge in [-0.05, 0) is 43.4 Å². The fourth-order valence-corrected chi connectivity index (χ4v) is 3.83. The summed E-state index contributed by atoms with van der Waals surface area (Å²) in [5.74, 6) is -0.477. The number of carbonyl (C=O) groups is 2. The second-order valence-electron chi connectivity index (χ2n) is 6.93. The highest BCUT2D eigenvalue weighted by atomic mass is 32.2. The Labute approximate surface area is 155 Å². The molecule has 7 nitrogen and oxygen atoms in total. The van der Waals surface area contributed by atoms with Crippen LogP contribution < -0.4 is 0 Å². The van der Waals surface area contributed by atoms with E-state index in [4.69, 9.17) is 4.74 Å². The average molecular weight is 382 g/mol. The Kier molecular flexibility index (Phi) is 6.41. The molecule has 1 heterocycles. The molecule has 1 atom stereocenters. The molecule has 1 amide bonds. The van der Waals surface area contributed by atoms with E-state index in [0.717, 1.165) is 17.1 Å². The van der Waals surface area contributed by atoms with Gasteiger partial charge in [0.2, 0.25) is 10.0 Å². The number of esters is 1. The lowest BCUT2D eigenvalue weighted by Crippen LogP contribution is -2.41. The highest BCUT2D eigenvalue weighted by Gasteiger charge is 2.24. The number of benzene rings is 1. The van der Waals surface area contributed by atoms with E-state index in [-0.39, 0.29) is 23.0 Å². The molecular weight excluding hydrogens is 356 g/mol. The third-order valence-electron chi connectivity index (χ3n) is 4.54. The largest absolute Gasteiger partial charge is 0.452 e. The van der Waals surface area contributed by atoms with E-state index >= 15 is 0 Å². The van der Waals surface area contributed by atoms with Gasteiger partial charge in [-0.3, -0.25) is 4.79 Å². The minimum Gasteiger partial charge on any atom is -0.452 e. The van der Waals surface area contributed by atoms with E-state index in [1.165, 1.54) is 26.2 Å². The van der Waals surface area contributed by atoms with Gasteiger partial charge in [0.1, 0.15) is 0 Å². The Morgan fingerprint density at radius 1 is 1.31 bits per heavy atom. The number of ether oxygens (including phenoxy) is 1. The normalized spacial score (nSPS) is 18.0. The molecule has 0 saturated carbocycles. The second kappa shape index (κ2) is 8.18. The zero-order chi connectivity index (χ0) is 19.5. The van der Waals surface area contributed by atoms with E-state index in [0.29, 0.717) is 24.6 Å². The quantitative estimate of drug-likeness (QED) is 0.723. The molecule has 0 aliphatic carbocycles. The van der Waals surface area contributed by atoms with Crippen molar-refractivity contribution in [2.45, 2.75) is 31.6 Å². The lowest BCUT2D eigenvalue weighted by Gasteiger charge is -2.30. The SMILES string of the molecule is Cc1ccc(S(=O)(=O)N(C)C)cc1C(=O)OCC(=O)N1CCC[C@@H](C)C1. The van der Waals surface area contributed by atoms with E-state index in [1.54, 1.807) is 17.9 Å². The van der Waals surface area contributed by atoms with Gasteiger partial charge in [-0.1, -0.05) is 13.0 Å². The number of sulfonamides is 1. The van der Waals surface area contributed by atoms with Gasteiger partial charge in [-0.25, -0.2) is 17.5 Å². The first kappa shape index (κ1) is 20.4. The molecule has 1 fully saturated rings. The molecule has 2 rings (SSSR count). The van der Waals surface area contributed by atoms with Crippen molar-refractivity contribution in [1.29, 1.82) is 0 Å². The van der Waals surface area contributed by atoms with Gasteiger partial charge >= 0.3 is 5.97 Å². The number of piperidine rings is 1. The number of hydrogen-bond donors (Lipinski definition) is 0. The Morgan fingerprint density at radius 3 is 2.62 bits per heavy atom. The van der Waals surface area contributed by atoms with E-state index in [9.17, 15) is 18.0 Å². The molecule has 0 N–H and O–H groups in total. The first-order chi connectivity index (χ1) is 12.1. The molecule has 8 heteroatoms. The number of nitrogens with zero attached hydrogens (tertiary/aromatic N) is 2. The van der Waals surface area contributed by atoms with E-state index < -0.39 is 16.0 Å². The van der Waals surface area contributed by atoms with E-state index in [2.05, 4.69) is 6.92 Å². The van der Waals surface area contributed by atoms with Crippen molar-refractivity contribution in [3.8, 4) is 0 Å². The Bertz CT molecular complexity index is 789. The van der Waals surface area contributed by atoms with Crippen LogP contribution in [0.3, 0.4) is 0 Å². The van der Waals surface area contributed by atoms with Crippen LogP contribution in [-0.4, -0.2) is 63.3 Å². The average Bonchev–Trinajstić information content (AvgIpc) is 2.59. The van der Waals surface area contributed by atoms with Gasteiger partial charge in [0, 0.05) is 27.2 Å². The number of hydrogen-bond acceptors (Lipinski definition) is 5. The highest BCUT2D eigenvalue weighted by Crippen LogP contribution is 2.19. The van der Waals surface area contributed by atoms with Crippen LogP contribution in [0.15, 0.2) is 23.1 Å². The van der Waals surface area contributed by atoms with Crippen molar-refractivity contribution in [2.75, 3.05) is 33.8 Å². The van der Waals surface area contributed by atoms with Gasteiger partial charge in [0.15, 0.2) is 6.61 Å². The third kappa shape index (κ3) is 4.62. The van der Waals surface area contributed by atoms with Crippen LogP contribution in [-0.2, 0) is 19.6 Å². The molecule has 0 spiro atoms. The maximum absolute atomic E-state index is 12.4. The van der Waals surface area contributed by atoms with Gasteiger partial charge in [0.05, 0.1) is 10.5 Å². The van der Waals surface area contributed by atoms with Gasteiger partial charge in [-0.15, -0.1) is 0 Å². The molecule has 0 radical (unpaired) electrons. The molecule has 1 aromatic carbocycles. The Balaban J connectivity index is 2.08. The van der Waals surface area contributed by atoms with Crippen molar-refractivity contribution >= 4 is 21.9 Å². The van der Waals surface area contributed by atoms with Crippen molar-refractivity contribution < 1.29 is 22.7 Å². The summed E-state index contributed by atoms with van der Waals surface area (Å²) in [4.78, 5) is 26.3. The molecule has 0 unspecified atom stereocenters. The van der Waals surface area contributed by atoms with Crippen LogP contribution in [0.1, 0.15) is 35.7 Å². The van der Waals surface area contributed by atoms with Crippen LogP contribution in [0.25, 0.3) is 0 Å². The van der Waals surface area contributed by atoms with Crippen LogP contribution in [0, 0.1) is 12.8 Å². The maximum atomic E-state index is 12.4. The number of likely N-dealkylation sites (tertiary alicyclic amines) is 1. The second-order valence-corrected chi connectivity index (χ2v) is 9.08. The number of amides is 1. The molecule has 1 aliphatic rings. The lowest BCUT2D eigenvalue weighted by atomic mass is 10.0. The van der Waals surface area contributed by atoms with Crippen LogP contribution in [0.5, 0.6) is 0 Å². The molecule has 1 saturated heterocycles. The zero-order valence-corrected chi connectivity index (χ0v) is 16.5. The first-order valence-corrected chi connectivity index (χ1v) is 10.0. The summed E-state index contributed by atoms with van der Waals surface area (Å²) >= 11 is 0. The predicted octanol–water partition coefficient (Wildman–Crippen LogP) is 1.66. The van der Waals surface area contributed by atoms with Crippen LogP contribution in [0.2, 0.25) is 0 Å².